The molecular formula is C14H21IN8O. The van der Waals surface area contributed by atoms with Gasteiger partial charge in [0, 0.05) is 45.0 Å². The number of aliphatic imine (C=N–C) groups is 1. The predicted octanol–water partition coefficient (Wildman–Crippen LogP) is 0.465. The molecule has 0 aromatic carbocycles. The minimum absolute atomic E-state index is 0. The van der Waals surface area contributed by atoms with E-state index in [-0.39, 0.29) is 24.0 Å². The number of hydrogen-bond donors (Lipinski definition) is 1. The van der Waals surface area contributed by atoms with Crippen LogP contribution in [0.25, 0.3) is 0 Å². The normalized spacial score (nSPS) is 15.3. The van der Waals surface area contributed by atoms with E-state index in [1.807, 2.05) is 6.07 Å². The third kappa shape index (κ3) is 4.76. The Labute approximate surface area is 157 Å². The third-order valence-electron chi connectivity index (χ3n) is 3.61. The molecule has 0 atom stereocenters. The Balaban J connectivity index is 0.00000208. The zero-order chi connectivity index (χ0) is 16.1. The van der Waals surface area contributed by atoms with E-state index in [2.05, 4.69) is 34.9 Å². The number of nitrogens with two attached hydrogens (primary N) is 1. The molecular weight excluding hydrogens is 423 g/mol. The number of rotatable bonds is 4. The van der Waals surface area contributed by atoms with Gasteiger partial charge in [0.25, 0.3) is 0 Å². The molecule has 2 N–H and O–H groups in total. The first kappa shape index (κ1) is 18.4. The fourth-order valence-corrected chi connectivity index (χ4v) is 2.40. The number of nitrogens with zero attached hydrogens (tertiary/aromatic N) is 7. The summed E-state index contributed by atoms with van der Waals surface area (Å²) in [4.78, 5) is 21.3. The van der Waals surface area contributed by atoms with Crippen molar-refractivity contribution < 1.29 is 4.52 Å². The second kappa shape index (κ2) is 8.76. The Kier molecular flexibility index (Phi) is 6.70. The predicted molar refractivity (Wildman–Crippen MR) is 100 cm³/mol. The van der Waals surface area contributed by atoms with Gasteiger partial charge >= 0.3 is 0 Å². The SMILES string of the molecule is Cc1noc(CCN=C(N)N2CCN(c3ncccn3)CC2)n1.I. The van der Waals surface area contributed by atoms with Crippen molar-refractivity contribution in [1.82, 2.24) is 25.0 Å². The Morgan fingerprint density at radius 2 is 1.96 bits per heavy atom. The second-order valence-corrected chi connectivity index (χ2v) is 5.25. The van der Waals surface area contributed by atoms with Crippen molar-refractivity contribution in [3.05, 3.63) is 30.2 Å². The highest BCUT2D eigenvalue weighted by atomic mass is 127. The fraction of sp³-hybridized carbons (Fsp3) is 0.500. The molecule has 3 rings (SSSR count). The number of anilines is 1. The van der Waals surface area contributed by atoms with Gasteiger partial charge in [0.05, 0.1) is 6.54 Å². The van der Waals surface area contributed by atoms with Crippen LogP contribution in [-0.4, -0.2) is 63.7 Å². The highest BCUT2D eigenvalue weighted by Gasteiger charge is 2.19. The topological polar surface area (TPSA) is 110 Å². The van der Waals surface area contributed by atoms with Gasteiger partial charge < -0.3 is 20.1 Å². The summed E-state index contributed by atoms with van der Waals surface area (Å²) in [6.07, 6.45) is 4.10. The minimum atomic E-state index is 0. The molecule has 24 heavy (non-hydrogen) atoms. The van der Waals surface area contributed by atoms with Crippen LogP contribution in [0.1, 0.15) is 11.7 Å². The lowest BCUT2D eigenvalue weighted by Crippen LogP contribution is -2.51. The monoisotopic (exact) mass is 444 g/mol. The molecule has 2 aromatic rings. The molecule has 0 amide bonds. The molecule has 0 unspecified atom stereocenters. The van der Waals surface area contributed by atoms with Crippen LogP contribution in [0.5, 0.6) is 0 Å². The van der Waals surface area contributed by atoms with Crippen molar-refractivity contribution >= 4 is 35.9 Å². The Morgan fingerprint density at radius 3 is 2.58 bits per heavy atom. The molecule has 0 saturated carbocycles. The molecule has 3 heterocycles. The quantitative estimate of drug-likeness (QED) is 0.412. The van der Waals surface area contributed by atoms with E-state index in [0.29, 0.717) is 30.6 Å². The first-order chi connectivity index (χ1) is 11.2. The number of halogens is 1. The van der Waals surface area contributed by atoms with Crippen LogP contribution in [0, 0.1) is 6.92 Å². The Hall–Kier alpha value is -1.98. The van der Waals surface area contributed by atoms with Crippen LogP contribution in [0.4, 0.5) is 5.95 Å². The molecule has 130 valence electrons. The van der Waals surface area contributed by atoms with Gasteiger partial charge in [-0.3, -0.25) is 4.99 Å². The molecule has 1 aliphatic heterocycles. The zero-order valence-corrected chi connectivity index (χ0v) is 15.8. The number of aryl methyl sites for hydroxylation is 1. The summed E-state index contributed by atoms with van der Waals surface area (Å²) in [7, 11) is 0. The molecule has 1 fully saturated rings. The van der Waals surface area contributed by atoms with E-state index in [4.69, 9.17) is 10.3 Å². The van der Waals surface area contributed by atoms with E-state index < -0.39 is 0 Å². The van der Waals surface area contributed by atoms with E-state index in [0.717, 1.165) is 32.1 Å². The van der Waals surface area contributed by atoms with E-state index >= 15 is 0 Å². The molecule has 0 bridgehead atoms. The van der Waals surface area contributed by atoms with Crippen molar-refractivity contribution in [3.63, 3.8) is 0 Å². The van der Waals surface area contributed by atoms with E-state index in [9.17, 15) is 0 Å². The van der Waals surface area contributed by atoms with Crippen molar-refractivity contribution in [1.29, 1.82) is 0 Å². The minimum Gasteiger partial charge on any atom is -0.370 e. The Bertz CT molecular complexity index is 654. The van der Waals surface area contributed by atoms with E-state index in [1.165, 1.54) is 0 Å². The first-order valence-corrected chi connectivity index (χ1v) is 7.58. The second-order valence-electron chi connectivity index (χ2n) is 5.25. The largest absolute Gasteiger partial charge is 0.370 e. The Morgan fingerprint density at radius 1 is 1.25 bits per heavy atom. The molecule has 0 aliphatic carbocycles. The van der Waals surface area contributed by atoms with Gasteiger partial charge in [-0.25, -0.2) is 9.97 Å². The van der Waals surface area contributed by atoms with Crippen LogP contribution in [0.15, 0.2) is 28.0 Å². The summed E-state index contributed by atoms with van der Waals surface area (Å²) in [5.41, 5.74) is 6.06. The van der Waals surface area contributed by atoms with Gasteiger partial charge in [0.15, 0.2) is 11.8 Å². The van der Waals surface area contributed by atoms with Gasteiger partial charge in [-0.05, 0) is 13.0 Å². The van der Waals surface area contributed by atoms with Crippen molar-refractivity contribution in [2.75, 3.05) is 37.6 Å². The molecule has 1 aliphatic rings. The highest BCUT2D eigenvalue weighted by Crippen LogP contribution is 2.09. The number of aromatic nitrogens is 4. The van der Waals surface area contributed by atoms with E-state index in [1.54, 1.807) is 19.3 Å². The summed E-state index contributed by atoms with van der Waals surface area (Å²) >= 11 is 0. The summed E-state index contributed by atoms with van der Waals surface area (Å²) in [6, 6.07) is 1.81. The van der Waals surface area contributed by atoms with Gasteiger partial charge in [-0.15, -0.1) is 24.0 Å². The standard InChI is InChI=1S/C14H20N8O.HI/c1-11-19-12(23-20-11)3-6-16-13(15)21-7-9-22(10-8-21)14-17-4-2-5-18-14;/h2,4-5H,3,6-10H2,1H3,(H2,15,16);1H. The number of guanidine groups is 1. The average Bonchev–Trinajstić information content (AvgIpc) is 3.01. The number of hydrogen-bond acceptors (Lipinski definition) is 7. The smallest absolute Gasteiger partial charge is 0.228 e. The lowest BCUT2D eigenvalue weighted by Gasteiger charge is -2.35. The van der Waals surface area contributed by atoms with Crippen LogP contribution in [0.3, 0.4) is 0 Å². The maximum Gasteiger partial charge on any atom is 0.228 e. The molecule has 10 heteroatoms. The molecule has 1 saturated heterocycles. The molecule has 0 radical (unpaired) electrons. The van der Waals surface area contributed by atoms with Gasteiger partial charge in [0.2, 0.25) is 11.8 Å². The molecule has 0 spiro atoms. The highest BCUT2D eigenvalue weighted by molar-refractivity contribution is 14.0. The average molecular weight is 444 g/mol. The van der Waals surface area contributed by atoms with Crippen LogP contribution in [-0.2, 0) is 6.42 Å². The maximum absolute atomic E-state index is 6.06. The van der Waals surface area contributed by atoms with Crippen molar-refractivity contribution in [2.24, 2.45) is 10.7 Å². The van der Waals surface area contributed by atoms with Crippen molar-refractivity contribution in [3.8, 4) is 0 Å². The first-order valence-electron chi connectivity index (χ1n) is 7.58. The summed E-state index contributed by atoms with van der Waals surface area (Å²) in [5, 5.41) is 3.75. The third-order valence-corrected chi connectivity index (χ3v) is 3.61. The fourth-order valence-electron chi connectivity index (χ4n) is 2.40. The van der Waals surface area contributed by atoms with Gasteiger partial charge in [-0.2, -0.15) is 4.98 Å². The van der Waals surface area contributed by atoms with Gasteiger partial charge in [-0.1, -0.05) is 5.16 Å². The number of piperazine rings is 1. The maximum atomic E-state index is 6.06. The summed E-state index contributed by atoms with van der Waals surface area (Å²) < 4.78 is 5.05. The van der Waals surface area contributed by atoms with Gasteiger partial charge in [0.1, 0.15) is 0 Å². The summed E-state index contributed by atoms with van der Waals surface area (Å²) in [6.45, 7) is 5.57. The van der Waals surface area contributed by atoms with Crippen LogP contribution >= 0.6 is 24.0 Å². The lowest BCUT2D eigenvalue weighted by molar-refractivity contribution is 0.371. The van der Waals surface area contributed by atoms with Crippen LogP contribution < -0.4 is 10.6 Å². The summed E-state index contributed by atoms with van der Waals surface area (Å²) in [5.74, 6) is 2.53. The molecule has 9 nitrogen and oxygen atoms in total. The molecule has 2 aromatic heterocycles. The lowest BCUT2D eigenvalue weighted by atomic mass is 10.3. The van der Waals surface area contributed by atoms with Crippen molar-refractivity contribution in [2.45, 2.75) is 13.3 Å². The zero-order valence-electron chi connectivity index (χ0n) is 13.5. The van der Waals surface area contributed by atoms with Crippen LogP contribution in [0.2, 0.25) is 0 Å².